The van der Waals surface area contributed by atoms with E-state index in [1.165, 1.54) is 12.8 Å². The van der Waals surface area contributed by atoms with Gasteiger partial charge in [0.2, 0.25) is 5.91 Å². The van der Waals surface area contributed by atoms with Crippen molar-refractivity contribution in [3.63, 3.8) is 0 Å². The smallest absolute Gasteiger partial charge is 0.243 e. The number of carbonyl (C=O) groups excluding carboxylic acids is 1. The summed E-state index contributed by atoms with van der Waals surface area (Å²) >= 11 is 6.92. The van der Waals surface area contributed by atoms with Crippen molar-refractivity contribution in [1.82, 2.24) is 20.1 Å². The molecule has 0 saturated heterocycles. The SMILES string of the molecule is C[C@@H]1CCC[C@@H](NC(=O)[C@@H](C)n2c(-c3cccs3)n[nH]c2=S)C1. The van der Waals surface area contributed by atoms with Gasteiger partial charge in [0.1, 0.15) is 6.04 Å². The number of aromatic amines is 1. The number of thiophene rings is 1. The van der Waals surface area contributed by atoms with E-state index in [1.54, 1.807) is 11.3 Å². The minimum Gasteiger partial charge on any atom is -0.352 e. The molecule has 0 radical (unpaired) electrons. The van der Waals surface area contributed by atoms with Crippen molar-refractivity contribution in [2.24, 2.45) is 5.92 Å². The normalized spacial score (nSPS) is 22.7. The summed E-state index contributed by atoms with van der Waals surface area (Å²) in [5, 5.41) is 12.3. The Labute approximate surface area is 145 Å². The Morgan fingerprint density at radius 1 is 1.57 bits per heavy atom. The molecule has 2 N–H and O–H groups in total. The van der Waals surface area contributed by atoms with E-state index in [-0.39, 0.29) is 18.0 Å². The summed E-state index contributed by atoms with van der Waals surface area (Å²) in [5.41, 5.74) is 0. The quantitative estimate of drug-likeness (QED) is 0.822. The molecular formula is C16H22N4OS2. The van der Waals surface area contributed by atoms with Gasteiger partial charge in [-0.05, 0) is 49.3 Å². The van der Waals surface area contributed by atoms with Crippen molar-refractivity contribution >= 4 is 29.5 Å². The van der Waals surface area contributed by atoms with E-state index in [9.17, 15) is 4.79 Å². The van der Waals surface area contributed by atoms with E-state index in [0.717, 1.165) is 23.5 Å². The number of H-pyrrole nitrogens is 1. The summed E-state index contributed by atoms with van der Waals surface area (Å²) in [4.78, 5) is 13.7. The Hall–Kier alpha value is -1.47. The predicted octanol–water partition coefficient (Wildman–Crippen LogP) is 3.93. The molecule has 2 heterocycles. The monoisotopic (exact) mass is 350 g/mol. The molecule has 2 aromatic heterocycles. The Kier molecular flexibility index (Phi) is 4.96. The van der Waals surface area contributed by atoms with Gasteiger partial charge in [-0.1, -0.05) is 25.8 Å². The molecule has 1 aliphatic carbocycles. The number of amides is 1. The average Bonchev–Trinajstić information content (AvgIpc) is 3.15. The topological polar surface area (TPSA) is 62.7 Å². The van der Waals surface area contributed by atoms with E-state index >= 15 is 0 Å². The summed E-state index contributed by atoms with van der Waals surface area (Å²) in [6, 6.07) is 3.85. The maximum Gasteiger partial charge on any atom is 0.243 e. The second kappa shape index (κ2) is 6.97. The van der Waals surface area contributed by atoms with Crippen molar-refractivity contribution < 1.29 is 4.79 Å². The van der Waals surface area contributed by atoms with Gasteiger partial charge in [-0.2, -0.15) is 5.10 Å². The fourth-order valence-corrected chi connectivity index (χ4v) is 4.25. The zero-order valence-corrected chi connectivity index (χ0v) is 15.0. The Bertz CT molecular complexity index is 719. The van der Waals surface area contributed by atoms with E-state index in [2.05, 4.69) is 22.4 Å². The van der Waals surface area contributed by atoms with Crippen LogP contribution in [0.15, 0.2) is 17.5 Å². The molecule has 7 heteroatoms. The molecule has 124 valence electrons. The molecule has 3 rings (SSSR count). The molecule has 3 atom stereocenters. The molecule has 0 bridgehead atoms. The van der Waals surface area contributed by atoms with Crippen LogP contribution in [-0.4, -0.2) is 26.7 Å². The standard InChI is InChI=1S/C16H22N4OS2/c1-10-5-3-6-12(9-10)17-15(21)11(2)20-14(18-19-16(20)22)13-7-4-8-23-13/h4,7-8,10-12H,3,5-6,9H2,1-2H3,(H,17,21)(H,19,22)/t10-,11-,12-/m1/s1. The molecule has 1 saturated carbocycles. The molecule has 5 nitrogen and oxygen atoms in total. The number of aromatic nitrogens is 3. The van der Waals surface area contributed by atoms with Gasteiger partial charge in [0.05, 0.1) is 4.88 Å². The van der Waals surface area contributed by atoms with Crippen LogP contribution in [0.1, 0.15) is 45.6 Å². The third-order valence-electron chi connectivity index (χ3n) is 4.50. The summed E-state index contributed by atoms with van der Waals surface area (Å²) in [7, 11) is 0. The Morgan fingerprint density at radius 3 is 3.09 bits per heavy atom. The largest absolute Gasteiger partial charge is 0.352 e. The van der Waals surface area contributed by atoms with Crippen LogP contribution in [0.4, 0.5) is 0 Å². The first-order chi connectivity index (χ1) is 11.1. The molecule has 2 aromatic rings. The van der Waals surface area contributed by atoms with Gasteiger partial charge < -0.3 is 5.32 Å². The molecule has 0 unspecified atom stereocenters. The lowest BCUT2D eigenvalue weighted by molar-refractivity contribution is -0.124. The predicted molar refractivity (Wildman–Crippen MR) is 95.0 cm³/mol. The van der Waals surface area contributed by atoms with Gasteiger partial charge in [-0.15, -0.1) is 11.3 Å². The van der Waals surface area contributed by atoms with Crippen LogP contribution in [-0.2, 0) is 4.79 Å². The van der Waals surface area contributed by atoms with Crippen LogP contribution >= 0.6 is 23.6 Å². The molecule has 1 amide bonds. The fraction of sp³-hybridized carbons (Fsp3) is 0.562. The summed E-state index contributed by atoms with van der Waals surface area (Å²) in [6.07, 6.45) is 4.58. The lowest BCUT2D eigenvalue weighted by Crippen LogP contribution is -2.41. The lowest BCUT2D eigenvalue weighted by atomic mass is 9.87. The Balaban J connectivity index is 1.77. The number of rotatable bonds is 4. The second-order valence-electron chi connectivity index (χ2n) is 6.35. The fourth-order valence-electron chi connectivity index (χ4n) is 3.25. The van der Waals surface area contributed by atoms with Gasteiger partial charge in [0, 0.05) is 6.04 Å². The van der Waals surface area contributed by atoms with Gasteiger partial charge in [0.25, 0.3) is 0 Å². The highest BCUT2D eigenvalue weighted by molar-refractivity contribution is 7.71. The average molecular weight is 351 g/mol. The summed E-state index contributed by atoms with van der Waals surface area (Å²) < 4.78 is 2.29. The molecule has 0 aromatic carbocycles. The highest BCUT2D eigenvalue weighted by Crippen LogP contribution is 2.27. The molecule has 0 aliphatic heterocycles. The van der Waals surface area contributed by atoms with E-state index < -0.39 is 0 Å². The first kappa shape index (κ1) is 16.4. The number of nitrogens with zero attached hydrogens (tertiary/aromatic N) is 2. The van der Waals surface area contributed by atoms with Crippen LogP contribution < -0.4 is 5.32 Å². The van der Waals surface area contributed by atoms with Crippen molar-refractivity contribution in [3.05, 3.63) is 22.3 Å². The van der Waals surface area contributed by atoms with Gasteiger partial charge in [0.15, 0.2) is 10.6 Å². The number of hydrogen-bond acceptors (Lipinski definition) is 4. The van der Waals surface area contributed by atoms with Crippen molar-refractivity contribution in [1.29, 1.82) is 0 Å². The van der Waals surface area contributed by atoms with Crippen LogP contribution in [0, 0.1) is 10.7 Å². The van der Waals surface area contributed by atoms with Crippen molar-refractivity contribution in [2.75, 3.05) is 0 Å². The van der Waals surface area contributed by atoms with Crippen LogP contribution in [0.3, 0.4) is 0 Å². The number of nitrogens with one attached hydrogen (secondary N) is 2. The molecule has 1 fully saturated rings. The molecule has 23 heavy (non-hydrogen) atoms. The van der Waals surface area contributed by atoms with Gasteiger partial charge in [-0.25, -0.2) is 0 Å². The minimum atomic E-state index is -0.379. The first-order valence-corrected chi connectivity index (χ1v) is 9.36. The van der Waals surface area contributed by atoms with Crippen molar-refractivity contribution in [2.45, 2.75) is 51.6 Å². The van der Waals surface area contributed by atoms with E-state index in [4.69, 9.17) is 12.2 Å². The molecule has 1 aliphatic rings. The van der Waals surface area contributed by atoms with Crippen LogP contribution in [0.2, 0.25) is 0 Å². The third-order valence-corrected chi connectivity index (χ3v) is 5.65. The van der Waals surface area contributed by atoms with Crippen molar-refractivity contribution in [3.8, 4) is 10.7 Å². The lowest BCUT2D eigenvalue weighted by Gasteiger charge is -2.28. The maximum atomic E-state index is 12.7. The van der Waals surface area contributed by atoms with Crippen LogP contribution in [0.5, 0.6) is 0 Å². The minimum absolute atomic E-state index is 0.0133. The van der Waals surface area contributed by atoms with E-state index in [1.807, 2.05) is 29.0 Å². The first-order valence-electron chi connectivity index (χ1n) is 8.07. The summed E-state index contributed by atoms with van der Waals surface area (Å²) in [6.45, 7) is 4.13. The van der Waals surface area contributed by atoms with Gasteiger partial charge in [-0.3, -0.25) is 14.5 Å². The molecule has 0 spiro atoms. The Morgan fingerprint density at radius 2 is 2.39 bits per heavy atom. The van der Waals surface area contributed by atoms with E-state index in [0.29, 0.717) is 10.7 Å². The second-order valence-corrected chi connectivity index (χ2v) is 7.69. The van der Waals surface area contributed by atoms with Crippen LogP contribution in [0.25, 0.3) is 10.7 Å². The summed E-state index contributed by atoms with van der Waals surface area (Å²) in [5.74, 6) is 1.42. The van der Waals surface area contributed by atoms with Gasteiger partial charge >= 0.3 is 0 Å². The zero-order chi connectivity index (χ0) is 16.4. The third kappa shape index (κ3) is 3.55. The highest BCUT2D eigenvalue weighted by Gasteiger charge is 2.25. The number of hydrogen-bond donors (Lipinski definition) is 2. The highest BCUT2D eigenvalue weighted by atomic mass is 32.1. The maximum absolute atomic E-state index is 12.7. The molecular weight excluding hydrogens is 328 g/mol. The number of carbonyl (C=O) groups is 1. The zero-order valence-electron chi connectivity index (χ0n) is 13.4.